The van der Waals surface area contributed by atoms with Crippen molar-refractivity contribution >= 4 is 0 Å². The zero-order valence-corrected chi connectivity index (χ0v) is 6.56. The van der Waals surface area contributed by atoms with E-state index in [0.29, 0.717) is 0 Å². The van der Waals surface area contributed by atoms with Gasteiger partial charge in [0.15, 0.2) is 0 Å². The molecular formula is C8H16N2. The number of nitrogens with one attached hydrogen (secondary N) is 2. The fraction of sp³-hybridized carbons (Fsp3) is 1.00. The van der Waals surface area contributed by atoms with Gasteiger partial charge in [-0.3, -0.25) is 0 Å². The van der Waals surface area contributed by atoms with Gasteiger partial charge in [-0.05, 0) is 38.8 Å². The van der Waals surface area contributed by atoms with Crippen molar-refractivity contribution in [2.45, 2.75) is 31.3 Å². The van der Waals surface area contributed by atoms with E-state index in [4.69, 9.17) is 0 Å². The summed E-state index contributed by atoms with van der Waals surface area (Å²) in [4.78, 5) is 0. The highest BCUT2D eigenvalue weighted by Gasteiger charge is 2.37. The summed E-state index contributed by atoms with van der Waals surface area (Å²) in [5.74, 6) is 0.935. The second-order valence-corrected chi connectivity index (χ2v) is 3.49. The molecule has 1 heterocycles. The summed E-state index contributed by atoms with van der Waals surface area (Å²) in [6.45, 7) is 1.24. The molecule has 2 rings (SSSR count). The Kier molecular flexibility index (Phi) is 1.66. The van der Waals surface area contributed by atoms with Crippen LogP contribution >= 0.6 is 0 Å². The van der Waals surface area contributed by atoms with Gasteiger partial charge in [0.25, 0.3) is 0 Å². The summed E-state index contributed by atoms with van der Waals surface area (Å²) >= 11 is 0. The van der Waals surface area contributed by atoms with Crippen LogP contribution in [0.1, 0.15) is 19.3 Å². The average Bonchev–Trinajstić information content (AvgIpc) is 2.44. The van der Waals surface area contributed by atoms with Crippen molar-refractivity contribution in [2.24, 2.45) is 5.92 Å². The Bertz CT molecular complexity index is 124. The Morgan fingerprint density at radius 1 is 1.30 bits per heavy atom. The zero-order chi connectivity index (χ0) is 6.97. The molecule has 2 N–H and O–H groups in total. The smallest absolute Gasteiger partial charge is 0.0111 e. The first kappa shape index (κ1) is 6.62. The summed E-state index contributed by atoms with van der Waals surface area (Å²) in [6, 6.07) is 1.65. The van der Waals surface area contributed by atoms with Crippen molar-refractivity contribution < 1.29 is 0 Å². The van der Waals surface area contributed by atoms with E-state index in [-0.39, 0.29) is 0 Å². The van der Waals surface area contributed by atoms with Crippen molar-refractivity contribution in [1.29, 1.82) is 0 Å². The molecule has 2 fully saturated rings. The van der Waals surface area contributed by atoms with Gasteiger partial charge in [0.05, 0.1) is 0 Å². The Labute approximate surface area is 62.4 Å². The fourth-order valence-electron chi connectivity index (χ4n) is 2.52. The summed E-state index contributed by atoms with van der Waals surface area (Å²) in [5, 5.41) is 6.94. The summed E-state index contributed by atoms with van der Waals surface area (Å²) in [5.41, 5.74) is 0. The molecule has 0 aromatic carbocycles. The number of hydrogen-bond acceptors (Lipinski definition) is 2. The molecule has 1 aliphatic carbocycles. The van der Waals surface area contributed by atoms with Crippen molar-refractivity contribution in [1.82, 2.24) is 10.6 Å². The van der Waals surface area contributed by atoms with Crippen LogP contribution in [0.2, 0.25) is 0 Å². The van der Waals surface area contributed by atoms with Crippen LogP contribution in [0.4, 0.5) is 0 Å². The van der Waals surface area contributed by atoms with E-state index in [2.05, 4.69) is 17.7 Å². The first-order valence-electron chi connectivity index (χ1n) is 4.32. The summed E-state index contributed by atoms with van der Waals surface area (Å²) in [6.07, 6.45) is 4.14. The topological polar surface area (TPSA) is 24.1 Å². The van der Waals surface area contributed by atoms with Gasteiger partial charge in [-0.15, -0.1) is 0 Å². The SMILES string of the molecule is CNC1CC[C@H]2NCC[C@@H]12. The lowest BCUT2D eigenvalue weighted by atomic mass is 10.0. The van der Waals surface area contributed by atoms with Crippen molar-refractivity contribution in [2.75, 3.05) is 13.6 Å². The molecule has 1 saturated heterocycles. The number of fused-ring (bicyclic) bond motifs is 1. The lowest BCUT2D eigenvalue weighted by molar-refractivity contribution is 0.421. The van der Waals surface area contributed by atoms with E-state index in [1.807, 2.05) is 0 Å². The maximum Gasteiger partial charge on any atom is 0.0111 e. The largest absolute Gasteiger partial charge is 0.317 e. The second kappa shape index (κ2) is 2.51. The molecule has 1 saturated carbocycles. The van der Waals surface area contributed by atoms with Crippen LogP contribution < -0.4 is 10.6 Å². The molecule has 0 spiro atoms. The van der Waals surface area contributed by atoms with E-state index in [9.17, 15) is 0 Å². The molecule has 2 nitrogen and oxygen atoms in total. The van der Waals surface area contributed by atoms with Gasteiger partial charge >= 0.3 is 0 Å². The molecule has 3 atom stereocenters. The monoisotopic (exact) mass is 140 g/mol. The average molecular weight is 140 g/mol. The lowest BCUT2D eigenvalue weighted by Gasteiger charge is -2.16. The molecule has 0 aromatic rings. The summed E-state index contributed by atoms with van der Waals surface area (Å²) < 4.78 is 0. The standard InChI is InChI=1S/C8H16N2/c1-9-7-2-3-8-6(7)4-5-10-8/h6-10H,2-5H2,1H3/t6-,7?,8+/m0/s1. The van der Waals surface area contributed by atoms with Crippen LogP contribution in [0.15, 0.2) is 0 Å². The van der Waals surface area contributed by atoms with Crippen molar-refractivity contribution in [3.8, 4) is 0 Å². The predicted octanol–water partition coefficient (Wildman–Crippen LogP) is 0.346. The first-order chi connectivity index (χ1) is 4.92. The van der Waals surface area contributed by atoms with Gasteiger partial charge in [0.1, 0.15) is 0 Å². The summed E-state index contributed by atoms with van der Waals surface area (Å²) in [7, 11) is 2.09. The molecule has 2 aliphatic rings. The molecule has 2 heteroatoms. The lowest BCUT2D eigenvalue weighted by Crippen LogP contribution is -2.32. The predicted molar refractivity (Wildman–Crippen MR) is 42.0 cm³/mol. The van der Waals surface area contributed by atoms with Crippen LogP contribution in [0.25, 0.3) is 0 Å². The van der Waals surface area contributed by atoms with Gasteiger partial charge in [-0.1, -0.05) is 0 Å². The van der Waals surface area contributed by atoms with Crippen molar-refractivity contribution in [3.63, 3.8) is 0 Å². The Hall–Kier alpha value is -0.0800. The molecule has 58 valence electrons. The number of hydrogen-bond donors (Lipinski definition) is 2. The van der Waals surface area contributed by atoms with Gasteiger partial charge in [0, 0.05) is 12.1 Å². The minimum atomic E-state index is 0.806. The molecule has 1 unspecified atom stereocenters. The Morgan fingerprint density at radius 2 is 2.20 bits per heavy atom. The van der Waals surface area contributed by atoms with Crippen LogP contribution in [0.3, 0.4) is 0 Å². The molecule has 1 aliphatic heterocycles. The van der Waals surface area contributed by atoms with Gasteiger partial charge < -0.3 is 10.6 Å². The normalized spacial score (nSPS) is 45.9. The van der Waals surface area contributed by atoms with Crippen molar-refractivity contribution in [3.05, 3.63) is 0 Å². The molecule has 0 bridgehead atoms. The minimum Gasteiger partial charge on any atom is -0.317 e. The fourth-order valence-corrected chi connectivity index (χ4v) is 2.52. The molecule has 0 amide bonds. The zero-order valence-electron chi connectivity index (χ0n) is 6.56. The molecule has 0 radical (unpaired) electrons. The maximum atomic E-state index is 3.54. The highest BCUT2D eigenvalue weighted by Crippen LogP contribution is 2.31. The van der Waals surface area contributed by atoms with E-state index >= 15 is 0 Å². The van der Waals surface area contributed by atoms with Crippen LogP contribution in [0, 0.1) is 5.92 Å². The first-order valence-corrected chi connectivity index (χ1v) is 4.32. The molecule has 10 heavy (non-hydrogen) atoms. The quantitative estimate of drug-likeness (QED) is 0.549. The van der Waals surface area contributed by atoms with E-state index in [1.54, 1.807) is 0 Å². The van der Waals surface area contributed by atoms with Crippen LogP contribution in [-0.4, -0.2) is 25.7 Å². The molecular weight excluding hydrogens is 124 g/mol. The highest BCUT2D eigenvalue weighted by atomic mass is 15.0. The van der Waals surface area contributed by atoms with E-state index in [1.165, 1.54) is 25.8 Å². The highest BCUT2D eigenvalue weighted by molar-refractivity contribution is 4.97. The minimum absolute atomic E-state index is 0.806. The Morgan fingerprint density at radius 3 is 3.00 bits per heavy atom. The Balaban J connectivity index is 2.01. The third kappa shape index (κ3) is 0.867. The van der Waals surface area contributed by atoms with Gasteiger partial charge in [-0.2, -0.15) is 0 Å². The number of rotatable bonds is 1. The van der Waals surface area contributed by atoms with Crippen LogP contribution in [-0.2, 0) is 0 Å². The van der Waals surface area contributed by atoms with Gasteiger partial charge in [0.2, 0.25) is 0 Å². The second-order valence-electron chi connectivity index (χ2n) is 3.49. The van der Waals surface area contributed by atoms with E-state index < -0.39 is 0 Å². The van der Waals surface area contributed by atoms with Crippen LogP contribution in [0.5, 0.6) is 0 Å². The van der Waals surface area contributed by atoms with E-state index in [0.717, 1.165) is 18.0 Å². The molecule has 0 aromatic heterocycles. The third-order valence-corrected chi connectivity index (χ3v) is 3.08. The van der Waals surface area contributed by atoms with Gasteiger partial charge in [-0.25, -0.2) is 0 Å². The third-order valence-electron chi connectivity index (χ3n) is 3.08. The maximum absolute atomic E-state index is 3.54.